The Bertz CT molecular complexity index is 803. The Morgan fingerprint density at radius 3 is 2.58 bits per heavy atom. The lowest BCUT2D eigenvalue weighted by Gasteiger charge is -2.23. The summed E-state index contributed by atoms with van der Waals surface area (Å²) in [6, 6.07) is 6.27. The topological polar surface area (TPSA) is 101 Å². The molecule has 1 aromatic rings. The number of nitrogens with zero attached hydrogens (tertiary/aromatic N) is 1. The molecule has 1 aliphatic heterocycles. The first-order valence-electron chi connectivity index (χ1n) is 8.76. The first-order valence-corrected chi connectivity index (χ1v) is 10.4. The molecular weight excluding hydrogens is 358 g/mol. The van der Waals surface area contributed by atoms with Crippen molar-refractivity contribution < 1.29 is 27.9 Å². The summed E-state index contributed by atoms with van der Waals surface area (Å²) in [5.41, 5.74) is -0.00564. The van der Waals surface area contributed by atoms with E-state index in [0.717, 1.165) is 12.8 Å². The quantitative estimate of drug-likeness (QED) is 0.755. The minimum Gasteiger partial charge on any atom is -0.481 e. The van der Waals surface area contributed by atoms with Crippen LogP contribution in [0.25, 0.3) is 0 Å². The third-order valence-electron chi connectivity index (χ3n) is 5.47. The second-order valence-corrected chi connectivity index (χ2v) is 8.99. The van der Waals surface area contributed by atoms with E-state index in [1.165, 1.54) is 4.31 Å². The Labute approximate surface area is 153 Å². The highest BCUT2D eigenvalue weighted by Gasteiger charge is 2.56. The van der Waals surface area contributed by atoms with Crippen LogP contribution in [0.5, 0.6) is 0 Å². The maximum Gasteiger partial charge on any atom is 0.338 e. The van der Waals surface area contributed by atoms with E-state index in [0.29, 0.717) is 17.5 Å². The molecule has 0 bridgehead atoms. The number of aliphatic carboxylic acids is 1. The average Bonchev–Trinajstić information content (AvgIpc) is 3.14. The Hall–Kier alpha value is -1.93. The van der Waals surface area contributed by atoms with Crippen LogP contribution in [0.2, 0.25) is 0 Å². The van der Waals surface area contributed by atoms with Crippen molar-refractivity contribution in [3.63, 3.8) is 0 Å². The summed E-state index contributed by atoms with van der Waals surface area (Å²) in [5, 5.41) is 9.61. The lowest BCUT2D eigenvalue weighted by molar-refractivity contribution is -0.149. The second kappa shape index (κ2) is 7.00. The molecule has 26 heavy (non-hydrogen) atoms. The standard InChI is InChI=1S/C18H23NO6S/c1-2-25-16(20)14-7-5-13(6-8-14)11-26(23,24)19-10-15-4-3-9-18(15,12-19)17(21)22/h5-8,15H,2-4,9-12H2,1H3,(H,21,22)/t15-,18+/m0/s1. The van der Waals surface area contributed by atoms with E-state index in [1.807, 2.05) is 0 Å². The number of esters is 1. The zero-order valence-corrected chi connectivity index (χ0v) is 15.5. The van der Waals surface area contributed by atoms with Gasteiger partial charge in [0.25, 0.3) is 0 Å². The smallest absolute Gasteiger partial charge is 0.338 e. The Morgan fingerprint density at radius 1 is 1.31 bits per heavy atom. The van der Waals surface area contributed by atoms with Gasteiger partial charge in [0.15, 0.2) is 0 Å². The summed E-state index contributed by atoms with van der Waals surface area (Å²) < 4.78 is 31.8. The molecule has 1 saturated carbocycles. The predicted molar refractivity (Wildman–Crippen MR) is 94.0 cm³/mol. The van der Waals surface area contributed by atoms with Gasteiger partial charge in [-0.05, 0) is 43.4 Å². The normalized spacial score (nSPS) is 25.8. The van der Waals surface area contributed by atoms with Crippen molar-refractivity contribution in [3.05, 3.63) is 35.4 Å². The number of ether oxygens (including phenoxy) is 1. The van der Waals surface area contributed by atoms with Crippen molar-refractivity contribution in [2.75, 3.05) is 19.7 Å². The first-order chi connectivity index (χ1) is 12.3. The summed E-state index contributed by atoms with van der Waals surface area (Å²) >= 11 is 0. The minimum absolute atomic E-state index is 0.0518. The summed E-state index contributed by atoms with van der Waals surface area (Å²) in [6.07, 6.45) is 2.12. The monoisotopic (exact) mass is 381 g/mol. The molecule has 7 nitrogen and oxygen atoms in total. The van der Waals surface area contributed by atoms with E-state index < -0.39 is 27.4 Å². The molecule has 0 spiro atoms. The molecule has 0 amide bonds. The van der Waals surface area contributed by atoms with Crippen LogP contribution in [0.4, 0.5) is 0 Å². The van der Waals surface area contributed by atoms with Gasteiger partial charge in [0.1, 0.15) is 0 Å². The Morgan fingerprint density at radius 2 is 2.00 bits per heavy atom. The summed E-state index contributed by atoms with van der Waals surface area (Å²) in [6.45, 7) is 2.32. The summed E-state index contributed by atoms with van der Waals surface area (Å²) in [7, 11) is -3.62. The van der Waals surface area contributed by atoms with Gasteiger partial charge in [0, 0.05) is 13.1 Å². The number of carboxylic acid groups (broad SMARTS) is 1. The van der Waals surface area contributed by atoms with E-state index in [-0.39, 0.29) is 31.4 Å². The van der Waals surface area contributed by atoms with Crippen molar-refractivity contribution in [2.24, 2.45) is 11.3 Å². The van der Waals surface area contributed by atoms with Crippen LogP contribution in [-0.4, -0.2) is 49.5 Å². The molecule has 1 aromatic carbocycles. The number of rotatable bonds is 6. The third kappa shape index (κ3) is 3.35. The maximum absolute atomic E-state index is 12.8. The Balaban J connectivity index is 1.72. The number of carbonyl (C=O) groups excluding carboxylic acids is 1. The van der Waals surface area contributed by atoms with Gasteiger partial charge in [-0.3, -0.25) is 4.79 Å². The number of hydrogen-bond acceptors (Lipinski definition) is 5. The fourth-order valence-electron chi connectivity index (χ4n) is 4.06. The fraction of sp³-hybridized carbons (Fsp3) is 0.556. The number of benzene rings is 1. The number of hydrogen-bond donors (Lipinski definition) is 1. The summed E-state index contributed by atoms with van der Waals surface area (Å²) in [5.74, 6) is -1.66. The van der Waals surface area contributed by atoms with E-state index in [9.17, 15) is 23.1 Å². The van der Waals surface area contributed by atoms with Crippen LogP contribution < -0.4 is 0 Å². The highest BCUT2D eigenvalue weighted by Crippen LogP contribution is 2.49. The predicted octanol–water partition coefficient (Wildman–Crippen LogP) is 1.88. The number of fused-ring (bicyclic) bond motifs is 1. The molecule has 1 saturated heterocycles. The largest absolute Gasteiger partial charge is 0.481 e. The molecule has 2 aliphatic rings. The molecule has 2 atom stereocenters. The zero-order chi connectivity index (χ0) is 18.9. The van der Waals surface area contributed by atoms with Crippen molar-refractivity contribution >= 4 is 22.0 Å². The van der Waals surface area contributed by atoms with E-state index in [2.05, 4.69) is 0 Å². The Kier molecular flexibility index (Phi) is 5.07. The van der Waals surface area contributed by atoms with Gasteiger partial charge >= 0.3 is 11.9 Å². The van der Waals surface area contributed by atoms with Gasteiger partial charge in [-0.15, -0.1) is 0 Å². The highest BCUT2D eigenvalue weighted by atomic mass is 32.2. The summed E-state index contributed by atoms with van der Waals surface area (Å²) in [4.78, 5) is 23.4. The van der Waals surface area contributed by atoms with E-state index in [4.69, 9.17) is 4.74 Å². The van der Waals surface area contributed by atoms with Gasteiger partial charge in [0.05, 0.1) is 23.3 Å². The number of carbonyl (C=O) groups is 2. The molecule has 0 aromatic heterocycles. The highest BCUT2D eigenvalue weighted by molar-refractivity contribution is 7.88. The second-order valence-electron chi connectivity index (χ2n) is 7.02. The third-order valence-corrected chi connectivity index (χ3v) is 7.24. The molecular formula is C18H23NO6S. The molecule has 1 aliphatic carbocycles. The number of sulfonamides is 1. The first kappa shape index (κ1) is 18.8. The van der Waals surface area contributed by atoms with E-state index >= 15 is 0 Å². The van der Waals surface area contributed by atoms with Crippen molar-refractivity contribution in [3.8, 4) is 0 Å². The minimum atomic E-state index is -3.62. The van der Waals surface area contributed by atoms with Crippen molar-refractivity contribution in [1.82, 2.24) is 4.31 Å². The molecule has 3 rings (SSSR count). The molecule has 0 radical (unpaired) electrons. The van der Waals surface area contributed by atoms with Crippen LogP contribution in [0, 0.1) is 11.3 Å². The van der Waals surface area contributed by atoms with Crippen LogP contribution in [0.1, 0.15) is 42.1 Å². The van der Waals surface area contributed by atoms with Crippen LogP contribution in [0.15, 0.2) is 24.3 Å². The van der Waals surface area contributed by atoms with Gasteiger partial charge in [-0.2, -0.15) is 0 Å². The van der Waals surface area contributed by atoms with Crippen LogP contribution >= 0.6 is 0 Å². The van der Waals surface area contributed by atoms with Crippen molar-refractivity contribution in [2.45, 2.75) is 31.9 Å². The van der Waals surface area contributed by atoms with Crippen LogP contribution in [-0.2, 0) is 25.3 Å². The molecule has 0 unspecified atom stereocenters. The van der Waals surface area contributed by atoms with Crippen molar-refractivity contribution in [1.29, 1.82) is 0 Å². The molecule has 8 heteroatoms. The fourth-order valence-corrected chi connectivity index (χ4v) is 5.69. The molecule has 142 valence electrons. The number of carboxylic acids is 1. The molecule has 1 heterocycles. The lowest BCUT2D eigenvalue weighted by atomic mass is 9.81. The zero-order valence-electron chi connectivity index (χ0n) is 14.7. The van der Waals surface area contributed by atoms with Gasteiger partial charge < -0.3 is 9.84 Å². The van der Waals surface area contributed by atoms with Gasteiger partial charge in [-0.1, -0.05) is 18.6 Å². The van der Waals surface area contributed by atoms with Gasteiger partial charge in [-0.25, -0.2) is 17.5 Å². The molecule has 1 N–H and O–H groups in total. The average molecular weight is 381 g/mol. The van der Waals surface area contributed by atoms with E-state index in [1.54, 1.807) is 31.2 Å². The molecule has 2 fully saturated rings. The maximum atomic E-state index is 12.8. The van der Waals surface area contributed by atoms with Gasteiger partial charge in [0.2, 0.25) is 10.0 Å². The van der Waals surface area contributed by atoms with Crippen LogP contribution in [0.3, 0.4) is 0 Å². The lowest BCUT2D eigenvalue weighted by Crippen LogP contribution is -2.37. The SMILES string of the molecule is CCOC(=O)c1ccc(CS(=O)(=O)N2C[C@@H]3CCC[C@@]3(C(=O)O)C2)cc1.